The number of methoxy groups -OCH3 is 1. The molecule has 1 aromatic heterocycles. The fourth-order valence-electron chi connectivity index (χ4n) is 2.59. The highest BCUT2D eigenvalue weighted by Crippen LogP contribution is 2.25. The van der Waals surface area contributed by atoms with Crippen LogP contribution in [0.4, 0.5) is 0 Å². The predicted molar refractivity (Wildman–Crippen MR) is 106 cm³/mol. The summed E-state index contributed by atoms with van der Waals surface area (Å²) in [4.78, 5) is 0.838. The summed E-state index contributed by atoms with van der Waals surface area (Å²) in [6, 6.07) is 13.5. The number of benzene rings is 2. The van der Waals surface area contributed by atoms with Crippen molar-refractivity contribution in [1.29, 1.82) is 0 Å². The summed E-state index contributed by atoms with van der Waals surface area (Å²) >= 11 is 1.56. The second-order valence-corrected chi connectivity index (χ2v) is 6.63. The lowest BCUT2D eigenvalue weighted by Crippen LogP contribution is -2.14. The molecule has 0 unspecified atom stereocenters. The number of ether oxygens (including phenoxy) is 1. The molecule has 0 saturated heterocycles. The van der Waals surface area contributed by atoms with Gasteiger partial charge in [0.15, 0.2) is 11.5 Å². The van der Waals surface area contributed by atoms with Crippen LogP contribution < -0.4 is 9.54 Å². The first kappa shape index (κ1) is 17.9. The number of hydrogen-bond donors (Lipinski definition) is 1. The minimum Gasteiger partial charge on any atom is -0.504 e. The van der Waals surface area contributed by atoms with Crippen molar-refractivity contribution in [1.82, 2.24) is 4.57 Å². The normalized spacial score (nSPS) is 12.0. The number of aromatic hydroxyl groups is 1. The van der Waals surface area contributed by atoms with Crippen LogP contribution in [0, 0.1) is 6.92 Å². The van der Waals surface area contributed by atoms with E-state index in [-0.39, 0.29) is 5.75 Å². The molecule has 0 fully saturated rings. The first-order chi connectivity index (χ1) is 12.6. The zero-order chi connectivity index (χ0) is 18.5. The molecule has 0 saturated carbocycles. The minimum absolute atomic E-state index is 0.103. The molecule has 1 N–H and O–H groups in total. The van der Waals surface area contributed by atoms with E-state index < -0.39 is 0 Å². The number of phenolic OH excluding ortho intramolecular Hbond substituents is 1. The van der Waals surface area contributed by atoms with Crippen LogP contribution in [0.3, 0.4) is 0 Å². The highest BCUT2D eigenvalue weighted by molar-refractivity contribution is 7.07. The molecule has 0 aliphatic carbocycles. The summed E-state index contributed by atoms with van der Waals surface area (Å²) in [6.45, 7) is 4.99. The summed E-state index contributed by atoms with van der Waals surface area (Å²) in [6.07, 6.45) is 1.65. The van der Waals surface area contributed by atoms with Crippen molar-refractivity contribution in [3.8, 4) is 22.8 Å². The van der Waals surface area contributed by atoms with Crippen molar-refractivity contribution >= 4 is 17.6 Å². The van der Waals surface area contributed by atoms with Crippen LogP contribution in [0.25, 0.3) is 11.3 Å². The lowest BCUT2D eigenvalue weighted by Gasteiger charge is -2.06. The van der Waals surface area contributed by atoms with E-state index in [4.69, 9.17) is 4.74 Å². The molecule has 0 atom stereocenters. The highest BCUT2D eigenvalue weighted by atomic mass is 32.1. The molecule has 0 aliphatic rings. The minimum atomic E-state index is 0.103. The lowest BCUT2D eigenvalue weighted by atomic mass is 10.1. The molecular formula is C20H21N3O2S. The molecule has 26 heavy (non-hydrogen) atoms. The Kier molecular flexibility index (Phi) is 5.53. The van der Waals surface area contributed by atoms with Crippen molar-refractivity contribution in [2.75, 3.05) is 7.11 Å². The van der Waals surface area contributed by atoms with Gasteiger partial charge in [0.05, 0.1) is 19.0 Å². The van der Waals surface area contributed by atoms with Crippen LogP contribution in [0.15, 0.2) is 58.0 Å². The van der Waals surface area contributed by atoms with Crippen LogP contribution in [-0.2, 0) is 6.54 Å². The van der Waals surface area contributed by atoms with E-state index in [1.807, 2.05) is 0 Å². The largest absolute Gasteiger partial charge is 0.504 e. The fourth-order valence-corrected chi connectivity index (χ4v) is 3.52. The zero-order valence-electron chi connectivity index (χ0n) is 15.0. The lowest BCUT2D eigenvalue weighted by molar-refractivity contribution is 0.373. The van der Waals surface area contributed by atoms with Gasteiger partial charge >= 0.3 is 0 Å². The first-order valence-corrected chi connectivity index (χ1v) is 9.19. The van der Waals surface area contributed by atoms with E-state index >= 15 is 0 Å². The summed E-state index contributed by atoms with van der Waals surface area (Å²) < 4.78 is 7.25. The van der Waals surface area contributed by atoms with Crippen LogP contribution in [0.2, 0.25) is 0 Å². The van der Waals surface area contributed by atoms with E-state index in [2.05, 4.69) is 58.3 Å². The Morgan fingerprint density at radius 3 is 2.65 bits per heavy atom. The third-order valence-electron chi connectivity index (χ3n) is 4.02. The number of phenols is 1. The van der Waals surface area contributed by atoms with Gasteiger partial charge in [0.1, 0.15) is 0 Å². The van der Waals surface area contributed by atoms with Crippen molar-refractivity contribution in [2.45, 2.75) is 20.4 Å². The Morgan fingerprint density at radius 1 is 1.19 bits per heavy atom. The summed E-state index contributed by atoms with van der Waals surface area (Å²) in [7, 11) is 1.52. The Bertz CT molecular complexity index is 985. The second kappa shape index (κ2) is 8.01. The average molecular weight is 367 g/mol. The fraction of sp³-hybridized carbons (Fsp3) is 0.200. The number of hydrogen-bond acceptors (Lipinski definition) is 5. The highest BCUT2D eigenvalue weighted by Gasteiger charge is 2.06. The van der Waals surface area contributed by atoms with Crippen LogP contribution in [-0.4, -0.2) is 23.0 Å². The van der Waals surface area contributed by atoms with Gasteiger partial charge < -0.3 is 14.4 Å². The van der Waals surface area contributed by atoms with Gasteiger partial charge in [-0.05, 0) is 43.2 Å². The van der Waals surface area contributed by atoms with Crippen molar-refractivity contribution in [2.24, 2.45) is 10.2 Å². The van der Waals surface area contributed by atoms with Gasteiger partial charge in [0.2, 0.25) is 4.80 Å². The van der Waals surface area contributed by atoms with Gasteiger partial charge in [-0.1, -0.05) is 29.8 Å². The molecule has 0 aliphatic heterocycles. The van der Waals surface area contributed by atoms with Crippen LogP contribution >= 0.6 is 11.3 Å². The maximum absolute atomic E-state index is 9.64. The Labute approximate surface area is 156 Å². The third kappa shape index (κ3) is 3.86. The van der Waals surface area contributed by atoms with Gasteiger partial charge in [-0.25, -0.2) is 0 Å². The average Bonchev–Trinajstić information content (AvgIpc) is 3.06. The molecule has 0 spiro atoms. The van der Waals surface area contributed by atoms with Gasteiger partial charge in [-0.15, -0.1) is 16.4 Å². The summed E-state index contributed by atoms with van der Waals surface area (Å²) in [5, 5.41) is 20.3. The predicted octanol–water partition coefficient (Wildman–Crippen LogP) is 4.19. The smallest absolute Gasteiger partial charge is 0.211 e. The molecule has 6 heteroatoms. The Morgan fingerprint density at radius 2 is 1.96 bits per heavy atom. The second-order valence-electron chi connectivity index (χ2n) is 5.79. The number of nitrogens with zero attached hydrogens (tertiary/aromatic N) is 3. The van der Waals surface area contributed by atoms with Gasteiger partial charge in [-0.2, -0.15) is 5.10 Å². The van der Waals surface area contributed by atoms with E-state index in [1.165, 1.54) is 18.2 Å². The van der Waals surface area contributed by atoms with E-state index in [0.717, 1.165) is 22.6 Å². The molecule has 1 heterocycles. The Balaban J connectivity index is 1.91. The van der Waals surface area contributed by atoms with Crippen LogP contribution in [0.5, 0.6) is 11.5 Å². The van der Waals surface area contributed by atoms with Gasteiger partial charge in [0.25, 0.3) is 0 Å². The van der Waals surface area contributed by atoms with Crippen molar-refractivity contribution in [3.63, 3.8) is 0 Å². The number of aryl methyl sites for hydroxylation is 1. The molecule has 2 aromatic carbocycles. The van der Waals surface area contributed by atoms with E-state index in [1.54, 1.807) is 35.8 Å². The van der Waals surface area contributed by atoms with Crippen molar-refractivity contribution < 1.29 is 9.84 Å². The topological polar surface area (TPSA) is 59.1 Å². The molecular weight excluding hydrogens is 346 g/mol. The summed E-state index contributed by atoms with van der Waals surface area (Å²) in [5.74, 6) is 0.516. The van der Waals surface area contributed by atoms with E-state index in [9.17, 15) is 5.11 Å². The molecule has 0 radical (unpaired) electrons. The summed E-state index contributed by atoms with van der Waals surface area (Å²) in [5.41, 5.74) is 4.35. The number of thiazole rings is 1. The third-order valence-corrected chi connectivity index (χ3v) is 4.87. The molecule has 0 bridgehead atoms. The zero-order valence-corrected chi connectivity index (χ0v) is 15.8. The molecule has 0 amide bonds. The maximum Gasteiger partial charge on any atom is 0.211 e. The number of rotatable bonds is 5. The molecule has 3 aromatic rings. The first-order valence-electron chi connectivity index (χ1n) is 8.31. The monoisotopic (exact) mass is 367 g/mol. The van der Waals surface area contributed by atoms with Gasteiger partial charge in [-0.3, -0.25) is 0 Å². The van der Waals surface area contributed by atoms with Crippen molar-refractivity contribution in [3.05, 3.63) is 63.8 Å². The molecule has 3 rings (SSSR count). The number of aromatic nitrogens is 1. The van der Waals surface area contributed by atoms with Crippen LogP contribution in [0.1, 0.15) is 18.1 Å². The van der Waals surface area contributed by atoms with E-state index in [0.29, 0.717) is 5.75 Å². The van der Waals surface area contributed by atoms with Gasteiger partial charge in [0, 0.05) is 11.9 Å². The maximum atomic E-state index is 9.64. The molecule has 134 valence electrons. The SMILES string of the molecule is CCn1c(-c2ccc(C)cc2)cs/c1=N\N=C\c1ccc(O)c(OC)c1. The Hall–Kier alpha value is -2.86. The molecule has 5 nitrogen and oxygen atoms in total. The standard InChI is InChI=1S/C20H21N3O2S/c1-4-23-17(16-8-5-14(2)6-9-16)13-26-20(23)22-21-12-15-7-10-18(24)19(11-15)25-3/h5-13,24H,4H2,1-3H3/b21-12+,22-20-. The quantitative estimate of drug-likeness (QED) is 0.543.